The van der Waals surface area contributed by atoms with E-state index in [1.165, 1.54) is 35.1 Å². The zero-order chi connectivity index (χ0) is 27.6. The van der Waals surface area contributed by atoms with Crippen LogP contribution >= 0.6 is 0 Å². The largest absolute Gasteiger partial charge is 0.416 e. The van der Waals surface area contributed by atoms with Crippen LogP contribution in [0.25, 0.3) is 0 Å². The third-order valence-corrected chi connectivity index (χ3v) is 9.00. The van der Waals surface area contributed by atoms with E-state index in [0.717, 1.165) is 25.0 Å². The number of nitrogens with zero attached hydrogens (tertiary/aromatic N) is 3. The van der Waals surface area contributed by atoms with Gasteiger partial charge in [-0.3, -0.25) is 20.5 Å². The molecule has 2 aromatic carbocycles. The fourth-order valence-corrected chi connectivity index (χ4v) is 6.53. The highest BCUT2D eigenvalue weighted by Crippen LogP contribution is 2.49. The Kier molecular flexibility index (Phi) is 6.11. The number of anilines is 1. The minimum absolute atomic E-state index is 0.0248. The van der Waals surface area contributed by atoms with Crippen LogP contribution in [-0.4, -0.2) is 61.2 Å². The van der Waals surface area contributed by atoms with Crippen molar-refractivity contribution in [2.75, 3.05) is 38.3 Å². The van der Waals surface area contributed by atoms with Gasteiger partial charge in [0.05, 0.1) is 31.7 Å². The lowest BCUT2D eigenvalue weighted by molar-refractivity contribution is -0.138. The molecule has 2 saturated heterocycles. The quantitative estimate of drug-likeness (QED) is 0.382. The van der Waals surface area contributed by atoms with Crippen LogP contribution < -0.4 is 4.90 Å². The SMILES string of the molecule is CN(C=N)C(=N)CC1(c2cccc(N3Cc4c(cc(CN5CC6(CCC6)C5)cc4C(F)(F)F)C3=O)c2)COC1. The molecule has 2 aromatic rings. The first-order chi connectivity index (χ1) is 18.5. The number of hydrogen-bond donors (Lipinski definition) is 2. The Morgan fingerprint density at radius 1 is 1.18 bits per heavy atom. The van der Waals surface area contributed by atoms with E-state index < -0.39 is 23.1 Å². The molecule has 4 aliphatic rings. The maximum absolute atomic E-state index is 14.2. The number of carbonyl (C=O) groups excluding carboxylic acids is 1. The number of amidine groups is 1. The van der Waals surface area contributed by atoms with Gasteiger partial charge in [0.15, 0.2) is 0 Å². The normalized spacial score (nSPS) is 21.1. The zero-order valence-electron chi connectivity index (χ0n) is 21.9. The van der Waals surface area contributed by atoms with Crippen LogP contribution in [-0.2, 0) is 29.4 Å². The lowest BCUT2D eigenvalue weighted by atomic mass is 9.63. The van der Waals surface area contributed by atoms with Gasteiger partial charge in [-0.05, 0) is 59.2 Å². The Morgan fingerprint density at radius 2 is 1.92 bits per heavy atom. The van der Waals surface area contributed by atoms with Gasteiger partial charge >= 0.3 is 6.18 Å². The summed E-state index contributed by atoms with van der Waals surface area (Å²) in [6.45, 7) is 2.87. The number of amides is 1. The average molecular weight is 540 g/mol. The van der Waals surface area contributed by atoms with Gasteiger partial charge in [0.1, 0.15) is 5.84 Å². The topological polar surface area (TPSA) is 83.7 Å². The van der Waals surface area contributed by atoms with Crippen LogP contribution in [0.1, 0.15) is 58.3 Å². The lowest BCUT2D eigenvalue weighted by Crippen LogP contribution is -2.58. The maximum atomic E-state index is 14.2. The Bertz CT molecular complexity index is 1340. The van der Waals surface area contributed by atoms with Crippen LogP contribution in [0.15, 0.2) is 36.4 Å². The number of nitrogens with one attached hydrogen (secondary N) is 2. The Morgan fingerprint density at radius 3 is 2.51 bits per heavy atom. The first-order valence-electron chi connectivity index (χ1n) is 13.3. The molecule has 0 atom stereocenters. The van der Waals surface area contributed by atoms with E-state index in [0.29, 0.717) is 42.8 Å². The van der Waals surface area contributed by atoms with Crippen LogP contribution in [0.2, 0.25) is 0 Å². The molecule has 0 aromatic heterocycles. The summed E-state index contributed by atoms with van der Waals surface area (Å²) < 4.78 is 48.1. The molecule has 7 nitrogen and oxygen atoms in total. The summed E-state index contributed by atoms with van der Waals surface area (Å²) in [6, 6.07) is 10.1. The summed E-state index contributed by atoms with van der Waals surface area (Å²) in [5, 5.41) is 15.7. The van der Waals surface area contributed by atoms with Crippen molar-refractivity contribution in [3.05, 3.63) is 64.2 Å². The molecule has 39 heavy (non-hydrogen) atoms. The monoisotopic (exact) mass is 539 g/mol. The summed E-state index contributed by atoms with van der Waals surface area (Å²) in [5.41, 5.74) is 1.22. The Labute approximate surface area is 225 Å². The average Bonchev–Trinajstić information content (AvgIpc) is 3.16. The molecule has 1 spiro atoms. The van der Waals surface area contributed by atoms with Crippen molar-refractivity contribution in [2.45, 2.75) is 50.4 Å². The number of hydrogen-bond acceptors (Lipinski definition) is 5. The number of ether oxygens (including phenoxy) is 1. The third-order valence-electron chi connectivity index (χ3n) is 9.00. The van der Waals surface area contributed by atoms with Crippen molar-refractivity contribution in [3.63, 3.8) is 0 Å². The molecule has 1 amide bonds. The first kappa shape index (κ1) is 26.0. The van der Waals surface area contributed by atoms with E-state index in [4.69, 9.17) is 15.6 Å². The smallest absolute Gasteiger partial charge is 0.379 e. The van der Waals surface area contributed by atoms with Gasteiger partial charge in [0.25, 0.3) is 5.91 Å². The molecule has 6 rings (SSSR count). The molecule has 3 heterocycles. The molecule has 0 bridgehead atoms. The zero-order valence-corrected chi connectivity index (χ0v) is 21.9. The molecule has 1 saturated carbocycles. The van der Waals surface area contributed by atoms with E-state index in [9.17, 15) is 18.0 Å². The van der Waals surface area contributed by atoms with E-state index in [2.05, 4.69) is 4.90 Å². The van der Waals surface area contributed by atoms with Crippen LogP contribution in [0, 0.1) is 16.2 Å². The van der Waals surface area contributed by atoms with E-state index in [-0.39, 0.29) is 23.5 Å². The second-order valence-electron chi connectivity index (χ2n) is 11.7. The second kappa shape index (κ2) is 9.16. The van der Waals surface area contributed by atoms with Gasteiger partial charge < -0.3 is 14.5 Å². The van der Waals surface area contributed by atoms with Crippen molar-refractivity contribution in [1.29, 1.82) is 10.8 Å². The van der Waals surface area contributed by atoms with Gasteiger partial charge in [-0.25, -0.2) is 0 Å². The van der Waals surface area contributed by atoms with Crippen LogP contribution in [0.4, 0.5) is 18.9 Å². The van der Waals surface area contributed by atoms with E-state index in [1.807, 2.05) is 12.1 Å². The summed E-state index contributed by atoms with van der Waals surface area (Å²) >= 11 is 0. The van der Waals surface area contributed by atoms with Gasteiger partial charge in [0, 0.05) is 49.8 Å². The number of rotatable bonds is 7. The Balaban J connectivity index is 1.27. The second-order valence-corrected chi connectivity index (χ2v) is 11.7. The van der Waals surface area contributed by atoms with Crippen molar-refractivity contribution < 1.29 is 22.7 Å². The molecular weight excluding hydrogens is 507 g/mol. The highest BCUT2D eigenvalue weighted by atomic mass is 19.4. The first-order valence-corrected chi connectivity index (χ1v) is 13.3. The summed E-state index contributed by atoms with van der Waals surface area (Å²) in [6.07, 6.45) is 0.483. The fraction of sp³-hybridized carbons (Fsp3) is 0.483. The highest BCUT2D eigenvalue weighted by Gasteiger charge is 2.47. The van der Waals surface area contributed by atoms with E-state index >= 15 is 0 Å². The summed E-state index contributed by atoms with van der Waals surface area (Å²) in [5.74, 6) is -0.167. The highest BCUT2D eigenvalue weighted by molar-refractivity contribution is 6.10. The van der Waals surface area contributed by atoms with Gasteiger partial charge in [-0.15, -0.1) is 0 Å². The number of benzene rings is 2. The molecule has 0 unspecified atom stereocenters. The summed E-state index contributed by atoms with van der Waals surface area (Å²) in [7, 11) is 1.64. The third kappa shape index (κ3) is 4.43. The molecular formula is C29H32F3N5O2. The predicted octanol–water partition coefficient (Wildman–Crippen LogP) is 5.03. The maximum Gasteiger partial charge on any atom is 0.416 e. The van der Waals surface area contributed by atoms with Crippen molar-refractivity contribution in [2.24, 2.45) is 5.41 Å². The van der Waals surface area contributed by atoms with Crippen LogP contribution in [0.5, 0.6) is 0 Å². The van der Waals surface area contributed by atoms with Crippen molar-refractivity contribution in [3.8, 4) is 0 Å². The van der Waals surface area contributed by atoms with E-state index in [1.54, 1.807) is 25.2 Å². The van der Waals surface area contributed by atoms with Crippen molar-refractivity contribution >= 4 is 23.8 Å². The number of likely N-dealkylation sites (tertiary alicyclic amines) is 1. The van der Waals surface area contributed by atoms with Gasteiger partial charge in [0.2, 0.25) is 0 Å². The minimum atomic E-state index is -4.56. The molecule has 10 heteroatoms. The molecule has 2 N–H and O–H groups in total. The number of carbonyl (C=O) groups is 1. The molecule has 1 aliphatic carbocycles. The number of alkyl halides is 3. The molecule has 3 fully saturated rings. The van der Waals surface area contributed by atoms with Crippen LogP contribution in [0.3, 0.4) is 0 Å². The Hall–Kier alpha value is -3.24. The summed E-state index contributed by atoms with van der Waals surface area (Å²) in [4.78, 5) is 18.6. The lowest BCUT2D eigenvalue weighted by Gasteiger charge is -2.56. The van der Waals surface area contributed by atoms with Crippen molar-refractivity contribution in [1.82, 2.24) is 9.80 Å². The molecule has 0 radical (unpaired) electrons. The fourth-order valence-electron chi connectivity index (χ4n) is 6.53. The van der Waals surface area contributed by atoms with Gasteiger partial charge in [-0.1, -0.05) is 18.6 Å². The molecule has 3 aliphatic heterocycles. The predicted molar refractivity (Wildman–Crippen MR) is 141 cm³/mol. The minimum Gasteiger partial charge on any atom is -0.379 e. The number of halogens is 3. The number of fused-ring (bicyclic) bond motifs is 1. The molecule has 206 valence electrons. The standard InChI is InChI=1S/C29H32F3N5O2/c1-35(18-33)25(34)11-28(16-39-17-28)20-4-2-5-21(10-20)37-13-23-22(26(37)38)8-19(9-24(23)29(30,31)32)12-36-14-27(15-36)6-3-7-27/h2,4-5,8-10,18,33-34H,3,6-7,11-17H2,1H3. The van der Waals surface area contributed by atoms with Gasteiger partial charge in [-0.2, -0.15) is 13.2 Å².